The van der Waals surface area contributed by atoms with Crippen molar-refractivity contribution in [3.8, 4) is 0 Å². The Hall–Kier alpha value is -3.26. The number of hydrogen-bond acceptors (Lipinski definition) is 5. The molecule has 28 heavy (non-hydrogen) atoms. The van der Waals surface area contributed by atoms with E-state index in [1.807, 2.05) is 16.8 Å². The van der Waals surface area contributed by atoms with Gasteiger partial charge in [-0.15, -0.1) is 0 Å². The first-order chi connectivity index (χ1) is 13.7. The predicted molar refractivity (Wildman–Crippen MR) is 111 cm³/mol. The van der Waals surface area contributed by atoms with E-state index in [9.17, 15) is 9.18 Å². The van der Waals surface area contributed by atoms with E-state index in [4.69, 9.17) is 4.98 Å². The lowest BCUT2D eigenvalue weighted by Gasteiger charge is -2.05. The summed E-state index contributed by atoms with van der Waals surface area (Å²) in [6.07, 6.45) is 8.05. The molecule has 0 atom stereocenters. The first-order valence-electron chi connectivity index (χ1n) is 8.93. The van der Waals surface area contributed by atoms with E-state index in [0.29, 0.717) is 10.8 Å². The van der Waals surface area contributed by atoms with Gasteiger partial charge in [0.15, 0.2) is 5.13 Å². The minimum atomic E-state index is -0.371. The molecule has 140 valence electrons. The van der Waals surface area contributed by atoms with Crippen LogP contribution in [0.15, 0.2) is 54.0 Å². The lowest BCUT2D eigenvalue weighted by atomic mass is 10.0. The lowest BCUT2D eigenvalue weighted by molar-refractivity contribution is 0.630. The molecule has 0 aliphatic carbocycles. The summed E-state index contributed by atoms with van der Waals surface area (Å²) in [5, 5.41) is 6.81. The molecule has 6 nitrogen and oxygen atoms in total. The van der Waals surface area contributed by atoms with Crippen LogP contribution in [0.2, 0.25) is 0 Å². The van der Waals surface area contributed by atoms with Gasteiger partial charge in [0.25, 0.3) is 5.56 Å². The van der Waals surface area contributed by atoms with Crippen LogP contribution in [0.5, 0.6) is 0 Å². The highest BCUT2D eigenvalue weighted by molar-refractivity contribution is 7.23. The maximum Gasteiger partial charge on any atom is 0.256 e. The van der Waals surface area contributed by atoms with Crippen LogP contribution in [0.4, 0.5) is 9.52 Å². The zero-order valence-electron chi connectivity index (χ0n) is 14.8. The minimum Gasteiger partial charge on any atom is -0.361 e. The molecule has 2 N–H and O–H groups in total. The molecule has 3 aromatic heterocycles. The minimum absolute atomic E-state index is 0.224. The van der Waals surface area contributed by atoms with Gasteiger partial charge in [0.1, 0.15) is 5.82 Å². The Bertz CT molecular complexity index is 1360. The number of imidazole rings is 1. The molecule has 0 bridgehead atoms. The van der Waals surface area contributed by atoms with Crippen molar-refractivity contribution in [2.45, 2.75) is 13.0 Å². The summed E-state index contributed by atoms with van der Waals surface area (Å²) in [6.45, 7) is 1.64. The second kappa shape index (κ2) is 6.72. The van der Waals surface area contributed by atoms with E-state index in [1.165, 1.54) is 23.5 Å². The van der Waals surface area contributed by atoms with E-state index in [-0.39, 0.29) is 11.4 Å². The third-order valence-corrected chi connectivity index (χ3v) is 5.81. The number of hydrogen-bond donors (Lipinski definition) is 2. The molecule has 2 aromatic carbocycles. The Morgan fingerprint density at radius 3 is 3.00 bits per heavy atom. The molecule has 0 saturated heterocycles. The number of rotatable bonds is 5. The standard InChI is InChI=1S/C20H16FN5OS/c21-12-2-3-13-15(10-12)16-14(4-6-23-19(16)27)18-17(13)25-20(28-18)24-5-1-8-26-9-7-22-11-26/h2-4,6-7,9-11H,1,5,8H2,(H,23,27)(H,24,25). The van der Waals surface area contributed by atoms with Crippen molar-refractivity contribution in [3.63, 3.8) is 0 Å². The predicted octanol–water partition coefficient (Wildman–Crippen LogP) is 4.13. The Kier molecular flexibility index (Phi) is 4.05. The van der Waals surface area contributed by atoms with Crippen LogP contribution in [-0.2, 0) is 6.54 Å². The molecule has 5 rings (SSSR count). The van der Waals surface area contributed by atoms with Gasteiger partial charge in [0, 0.05) is 47.8 Å². The monoisotopic (exact) mass is 393 g/mol. The Morgan fingerprint density at radius 1 is 1.21 bits per heavy atom. The average molecular weight is 393 g/mol. The maximum absolute atomic E-state index is 13.9. The zero-order chi connectivity index (χ0) is 19.1. The van der Waals surface area contributed by atoms with Gasteiger partial charge >= 0.3 is 0 Å². The van der Waals surface area contributed by atoms with Crippen molar-refractivity contribution in [1.29, 1.82) is 0 Å². The third kappa shape index (κ3) is 2.82. The molecule has 0 unspecified atom stereocenters. The zero-order valence-corrected chi connectivity index (χ0v) is 15.6. The molecular weight excluding hydrogens is 377 g/mol. The molecule has 3 heterocycles. The molecule has 0 saturated carbocycles. The lowest BCUT2D eigenvalue weighted by Crippen LogP contribution is -2.05. The number of thiazole rings is 1. The van der Waals surface area contributed by atoms with Crippen molar-refractivity contribution >= 4 is 48.2 Å². The van der Waals surface area contributed by atoms with Gasteiger partial charge in [-0.3, -0.25) is 4.79 Å². The SMILES string of the molecule is O=c1[nH]ccc2c3sc(NCCCn4ccnc4)nc3c3ccc(F)cc3c12. The number of pyridine rings is 1. The fourth-order valence-corrected chi connectivity index (χ4v) is 4.54. The Labute approximate surface area is 162 Å². The summed E-state index contributed by atoms with van der Waals surface area (Å²) < 4.78 is 16.8. The van der Waals surface area contributed by atoms with E-state index in [2.05, 4.69) is 15.3 Å². The van der Waals surface area contributed by atoms with Crippen LogP contribution >= 0.6 is 11.3 Å². The highest BCUT2D eigenvalue weighted by atomic mass is 32.1. The summed E-state index contributed by atoms with van der Waals surface area (Å²) in [4.78, 5) is 23.9. The third-order valence-electron chi connectivity index (χ3n) is 4.77. The van der Waals surface area contributed by atoms with Crippen LogP contribution in [-0.4, -0.2) is 26.1 Å². The van der Waals surface area contributed by atoms with Gasteiger partial charge in [-0.1, -0.05) is 11.3 Å². The molecule has 0 fully saturated rings. The molecule has 0 aliphatic heterocycles. The van der Waals surface area contributed by atoms with Crippen molar-refractivity contribution in [1.82, 2.24) is 19.5 Å². The van der Waals surface area contributed by atoms with Crippen molar-refractivity contribution in [2.75, 3.05) is 11.9 Å². The number of benzene rings is 2. The molecule has 0 aliphatic rings. The number of fused-ring (bicyclic) bond motifs is 6. The van der Waals surface area contributed by atoms with Crippen LogP contribution < -0.4 is 10.9 Å². The second-order valence-electron chi connectivity index (χ2n) is 6.56. The van der Waals surface area contributed by atoms with Crippen molar-refractivity contribution in [3.05, 3.63) is 65.4 Å². The largest absolute Gasteiger partial charge is 0.361 e. The number of halogens is 1. The van der Waals surface area contributed by atoms with Crippen LogP contribution in [0, 0.1) is 5.82 Å². The maximum atomic E-state index is 13.9. The summed E-state index contributed by atoms with van der Waals surface area (Å²) in [6, 6.07) is 6.36. The molecule has 0 amide bonds. The number of nitrogens with zero attached hydrogens (tertiary/aromatic N) is 3. The summed E-state index contributed by atoms with van der Waals surface area (Å²) in [5.41, 5.74) is 0.563. The normalized spacial score (nSPS) is 11.6. The topological polar surface area (TPSA) is 75.6 Å². The van der Waals surface area contributed by atoms with Crippen molar-refractivity contribution < 1.29 is 4.39 Å². The molecule has 5 aromatic rings. The molecule has 0 spiro atoms. The Balaban J connectivity index is 1.57. The number of nitrogens with one attached hydrogen (secondary N) is 2. The van der Waals surface area contributed by atoms with E-state index in [1.54, 1.807) is 24.8 Å². The second-order valence-corrected chi connectivity index (χ2v) is 7.56. The quantitative estimate of drug-likeness (QED) is 0.348. The Morgan fingerprint density at radius 2 is 2.14 bits per heavy atom. The number of aromatic nitrogens is 4. The van der Waals surface area contributed by atoms with Crippen molar-refractivity contribution in [2.24, 2.45) is 0 Å². The summed E-state index contributed by atoms with van der Waals surface area (Å²) >= 11 is 1.51. The molecule has 0 radical (unpaired) electrons. The van der Waals surface area contributed by atoms with Gasteiger partial charge in [0.05, 0.1) is 21.9 Å². The van der Waals surface area contributed by atoms with Crippen LogP contribution in [0.1, 0.15) is 6.42 Å². The molecular formula is C20H16FN5OS. The molecule has 8 heteroatoms. The van der Waals surface area contributed by atoms with Crippen LogP contribution in [0.3, 0.4) is 0 Å². The first kappa shape index (κ1) is 16.9. The number of H-pyrrole nitrogens is 1. The number of anilines is 1. The average Bonchev–Trinajstić information content (AvgIpc) is 3.35. The fraction of sp³-hybridized carbons (Fsp3) is 0.150. The highest BCUT2D eigenvalue weighted by Gasteiger charge is 2.15. The van der Waals surface area contributed by atoms with Gasteiger partial charge in [0.2, 0.25) is 0 Å². The smallest absolute Gasteiger partial charge is 0.256 e. The van der Waals surface area contributed by atoms with Gasteiger partial charge in [-0.25, -0.2) is 14.4 Å². The summed E-state index contributed by atoms with van der Waals surface area (Å²) in [5.74, 6) is -0.371. The van der Waals surface area contributed by atoms with Crippen LogP contribution in [0.25, 0.3) is 31.8 Å². The fourth-order valence-electron chi connectivity index (χ4n) is 3.50. The first-order valence-corrected chi connectivity index (χ1v) is 9.75. The number of aryl methyl sites for hydroxylation is 1. The summed E-state index contributed by atoms with van der Waals surface area (Å²) in [7, 11) is 0. The highest BCUT2D eigenvalue weighted by Crippen LogP contribution is 2.38. The van der Waals surface area contributed by atoms with E-state index < -0.39 is 0 Å². The van der Waals surface area contributed by atoms with Gasteiger partial charge in [-0.05, 0) is 30.7 Å². The van der Waals surface area contributed by atoms with E-state index >= 15 is 0 Å². The van der Waals surface area contributed by atoms with Gasteiger partial charge < -0.3 is 14.9 Å². The van der Waals surface area contributed by atoms with E-state index in [0.717, 1.165) is 45.6 Å². The van der Waals surface area contributed by atoms with Gasteiger partial charge in [-0.2, -0.15) is 0 Å². The number of aromatic amines is 1.